The summed E-state index contributed by atoms with van der Waals surface area (Å²) in [5.41, 5.74) is 2.81. The van der Waals surface area contributed by atoms with Gasteiger partial charge < -0.3 is 14.8 Å². The molecule has 1 aromatic carbocycles. The maximum Gasteiger partial charge on any atom is 0.0645 e. The fourth-order valence-corrected chi connectivity index (χ4v) is 1.35. The molecule has 0 saturated heterocycles. The van der Waals surface area contributed by atoms with Crippen molar-refractivity contribution in [2.24, 2.45) is 0 Å². The first kappa shape index (κ1) is 13.0. The zero-order valence-corrected chi connectivity index (χ0v) is 10.3. The fraction of sp³-hybridized carbons (Fsp3) is 0.214. The van der Waals surface area contributed by atoms with Gasteiger partial charge in [0.15, 0.2) is 0 Å². The molecule has 0 unspecified atom stereocenters. The molecule has 17 heavy (non-hydrogen) atoms. The first-order chi connectivity index (χ1) is 7.99. The number of hydrogen-bond donors (Lipinski definition) is 0. The number of anilines is 1. The molecule has 1 rings (SSSR count). The summed E-state index contributed by atoms with van der Waals surface area (Å²) in [6, 6.07) is 7.99. The average Bonchev–Trinajstić information content (AvgIpc) is 2.26. The van der Waals surface area contributed by atoms with E-state index in [1.165, 1.54) is 0 Å². The lowest BCUT2D eigenvalue weighted by molar-refractivity contribution is -0.297. The van der Waals surface area contributed by atoms with Crippen LogP contribution in [0.3, 0.4) is 0 Å². The molecule has 0 aliphatic carbocycles. The van der Waals surface area contributed by atoms with Crippen molar-refractivity contribution in [3.63, 3.8) is 0 Å². The molecule has 1 aromatic rings. The highest BCUT2D eigenvalue weighted by atomic mass is 16.4. The van der Waals surface area contributed by atoms with E-state index in [1.807, 2.05) is 49.3 Å². The van der Waals surface area contributed by atoms with E-state index in [2.05, 4.69) is 0 Å². The minimum Gasteiger partial charge on any atom is -0.545 e. The van der Waals surface area contributed by atoms with Crippen LogP contribution in [0.1, 0.15) is 12.5 Å². The van der Waals surface area contributed by atoms with Crippen molar-refractivity contribution in [1.82, 2.24) is 0 Å². The van der Waals surface area contributed by atoms with Gasteiger partial charge >= 0.3 is 0 Å². The quantitative estimate of drug-likeness (QED) is 0.581. The molecule has 0 N–H and O–H groups in total. The van der Waals surface area contributed by atoms with Gasteiger partial charge in [0, 0.05) is 19.8 Å². The molecule has 3 nitrogen and oxygen atoms in total. The highest BCUT2D eigenvalue weighted by molar-refractivity contribution is 5.79. The van der Waals surface area contributed by atoms with Crippen molar-refractivity contribution in [2.75, 3.05) is 19.0 Å². The molecule has 0 bridgehead atoms. The van der Waals surface area contributed by atoms with Crippen LogP contribution in [-0.2, 0) is 4.79 Å². The number of rotatable bonds is 4. The molecule has 0 fully saturated rings. The second-order valence-electron chi connectivity index (χ2n) is 4.03. The molecule has 0 aromatic heterocycles. The molecular weight excluding hydrogens is 214 g/mol. The molecule has 0 aliphatic rings. The summed E-state index contributed by atoms with van der Waals surface area (Å²) < 4.78 is 0. The van der Waals surface area contributed by atoms with Crippen LogP contribution in [0.2, 0.25) is 0 Å². The normalized spacial score (nSPS) is 11.8. The zero-order valence-electron chi connectivity index (χ0n) is 10.3. The van der Waals surface area contributed by atoms with E-state index in [-0.39, 0.29) is 0 Å². The first-order valence-electron chi connectivity index (χ1n) is 5.34. The summed E-state index contributed by atoms with van der Waals surface area (Å²) in [5.74, 6) is -1.17. The number of benzene rings is 1. The maximum absolute atomic E-state index is 10.3. The van der Waals surface area contributed by atoms with E-state index in [9.17, 15) is 9.90 Å². The molecule has 0 aliphatic heterocycles. The molecule has 0 saturated carbocycles. The molecule has 0 atom stereocenters. The van der Waals surface area contributed by atoms with Crippen LogP contribution >= 0.6 is 0 Å². The Kier molecular flexibility index (Phi) is 4.52. The average molecular weight is 230 g/mol. The number of carbonyl (C=O) groups is 1. The highest BCUT2D eigenvalue weighted by Gasteiger charge is 1.93. The van der Waals surface area contributed by atoms with Crippen LogP contribution in [0.25, 0.3) is 6.08 Å². The Morgan fingerprint density at radius 2 is 1.82 bits per heavy atom. The van der Waals surface area contributed by atoms with E-state index in [4.69, 9.17) is 0 Å². The van der Waals surface area contributed by atoms with Crippen molar-refractivity contribution in [3.05, 3.63) is 47.6 Å². The number of carbonyl (C=O) groups excluding carboxylic acids is 1. The van der Waals surface area contributed by atoms with Crippen LogP contribution in [0.15, 0.2) is 42.0 Å². The smallest absolute Gasteiger partial charge is 0.0645 e. The zero-order chi connectivity index (χ0) is 12.8. The Labute approximate surface area is 102 Å². The van der Waals surface area contributed by atoms with Gasteiger partial charge in [0.2, 0.25) is 0 Å². The molecule has 90 valence electrons. The van der Waals surface area contributed by atoms with Gasteiger partial charge in [-0.25, -0.2) is 0 Å². The number of allylic oxidation sites excluding steroid dienone is 2. The summed E-state index contributed by atoms with van der Waals surface area (Å²) in [6.07, 6.45) is 4.69. The topological polar surface area (TPSA) is 43.4 Å². The number of carboxylic acids is 1. The second kappa shape index (κ2) is 5.89. The molecule has 0 amide bonds. The molecule has 0 radical (unpaired) electrons. The molecule has 0 heterocycles. The van der Waals surface area contributed by atoms with Gasteiger partial charge in [-0.05, 0) is 36.3 Å². The third-order valence-electron chi connectivity index (χ3n) is 2.29. The van der Waals surface area contributed by atoms with Crippen molar-refractivity contribution in [3.8, 4) is 0 Å². The van der Waals surface area contributed by atoms with E-state index in [1.54, 1.807) is 13.0 Å². The molecular formula is C14H16NO2-. The third-order valence-corrected chi connectivity index (χ3v) is 2.29. The van der Waals surface area contributed by atoms with E-state index >= 15 is 0 Å². The van der Waals surface area contributed by atoms with Crippen molar-refractivity contribution < 1.29 is 9.90 Å². The van der Waals surface area contributed by atoms with Gasteiger partial charge in [-0.2, -0.15) is 0 Å². The van der Waals surface area contributed by atoms with Crippen molar-refractivity contribution in [2.45, 2.75) is 6.92 Å². The number of carboxylic acid groups (broad SMARTS) is 1. The summed E-state index contributed by atoms with van der Waals surface area (Å²) in [6.45, 7) is 1.72. The third kappa shape index (κ3) is 4.55. The van der Waals surface area contributed by atoms with Gasteiger partial charge in [-0.15, -0.1) is 0 Å². The number of hydrogen-bond acceptors (Lipinski definition) is 3. The Hall–Kier alpha value is -2.03. The van der Waals surface area contributed by atoms with Gasteiger partial charge in [0.05, 0.1) is 5.97 Å². The predicted molar refractivity (Wildman–Crippen MR) is 68.6 cm³/mol. The van der Waals surface area contributed by atoms with Crippen molar-refractivity contribution in [1.29, 1.82) is 0 Å². The highest BCUT2D eigenvalue weighted by Crippen LogP contribution is 2.13. The SMILES string of the molecule is CC(/C=C/c1ccc(N(C)C)cc1)=C\C(=O)[O-]. The van der Waals surface area contributed by atoms with E-state index < -0.39 is 5.97 Å². The Morgan fingerprint density at radius 3 is 2.29 bits per heavy atom. The summed E-state index contributed by atoms with van der Waals surface area (Å²) >= 11 is 0. The van der Waals surface area contributed by atoms with Crippen molar-refractivity contribution >= 4 is 17.7 Å². The second-order valence-corrected chi connectivity index (χ2v) is 4.03. The van der Waals surface area contributed by atoms with Crippen LogP contribution < -0.4 is 10.0 Å². The van der Waals surface area contributed by atoms with Crippen LogP contribution in [0.4, 0.5) is 5.69 Å². The minimum atomic E-state index is -1.17. The summed E-state index contributed by atoms with van der Waals surface area (Å²) in [4.78, 5) is 12.3. The first-order valence-corrected chi connectivity index (χ1v) is 5.34. The predicted octanol–water partition coefficient (Wildman–Crippen LogP) is 1.46. The maximum atomic E-state index is 10.3. The van der Waals surface area contributed by atoms with Crippen LogP contribution in [0, 0.1) is 0 Å². The van der Waals surface area contributed by atoms with E-state index in [0.29, 0.717) is 5.57 Å². The summed E-state index contributed by atoms with van der Waals surface area (Å²) in [7, 11) is 3.97. The molecule has 3 heteroatoms. The number of nitrogens with zero attached hydrogens (tertiary/aromatic N) is 1. The fourth-order valence-electron chi connectivity index (χ4n) is 1.35. The Balaban J connectivity index is 2.76. The monoisotopic (exact) mass is 230 g/mol. The standard InChI is InChI=1S/C14H17NO2/c1-11(10-14(16)17)4-5-12-6-8-13(9-7-12)15(2)3/h4-10H,1-3H3,(H,16,17)/p-1/b5-4+,11-10+. The summed E-state index contributed by atoms with van der Waals surface area (Å²) in [5, 5.41) is 10.3. The van der Waals surface area contributed by atoms with E-state index in [0.717, 1.165) is 17.3 Å². The van der Waals surface area contributed by atoms with Crippen LogP contribution in [-0.4, -0.2) is 20.1 Å². The minimum absolute atomic E-state index is 0.654. The molecule has 0 spiro atoms. The lowest BCUT2D eigenvalue weighted by Gasteiger charge is -2.11. The number of aliphatic carboxylic acids is 1. The van der Waals surface area contributed by atoms with Gasteiger partial charge in [0.1, 0.15) is 0 Å². The Morgan fingerprint density at radius 1 is 1.24 bits per heavy atom. The largest absolute Gasteiger partial charge is 0.545 e. The van der Waals surface area contributed by atoms with Gasteiger partial charge in [-0.1, -0.05) is 24.3 Å². The van der Waals surface area contributed by atoms with Gasteiger partial charge in [0.25, 0.3) is 0 Å². The van der Waals surface area contributed by atoms with Crippen LogP contribution in [0.5, 0.6) is 0 Å². The lowest BCUT2D eigenvalue weighted by Crippen LogP contribution is -2.19. The Bertz CT molecular complexity index is 442. The lowest BCUT2D eigenvalue weighted by atomic mass is 10.1. The van der Waals surface area contributed by atoms with Gasteiger partial charge in [-0.3, -0.25) is 0 Å².